The van der Waals surface area contributed by atoms with Crippen LogP contribution in [0.15, 0.2) is 54.3 Å². The Morgan fingerprint density at radius 3 is 2.84 bits per heavy atom. The fourth-order valence-corrected chi connectivity index (χ4v) is 4.23. The topological polar surface area (TPSA) is 105 Å². The van der Waals surface area contributed by atoms with Gasteiger partial charge in [-0.1, -0.05) is 37.6 Å². The molecule has 0 fully saturated rings. The monoisotopic (exact) mass is 449 g/mol. The molecule has 9 nitrogen and oxygen atoms in total. The average Bonchev–Trinajstić information content (AvgIpc) is 3.56. The van der Waals surface area contributed by atoms with Gasteiger partial charge < -0.3 is 4.57 Å². The first-order valence-electron chi connectivity index (χ1n) is 10.4. The van der Waals surface area contributed by atoms with Gasteiger partial charge in [-0.25, -0.2) is 9.67 Å². The molecule has 0 aliphatic carbocycles. The van der Waals surface area contributed by atoms with Gasteiger partial charge in [-0.05, 0) is 34.4 Å². The van der Waals surface area contributed by atoms with Gasteiger partial charge in [0.1, 0.15) is 12.2 Å². The summed E-state index contributed by atoms with van der Waals surface area (Å²) in [5.74, 6) is 0.906. The van der Waals surface area contributed by atoms with E-state index < -0.39 is 0 Å². The van der Waals surface area contributed by atoms with Crippen LogP contribution in [-0.4, -0.2) is 34.7 Å². The molecule has 0 amide bonds. The Bertz CT molecular complexity index is 1200. The number of allylic oxidation sites excluding steroid dienone is 1. The van der Waals surface area contributed by atoms with Gasteiger partial charge in [0, 0.05) is 29.3 Å². The molecule has 4 aromatic rings. The first-order chi connectivity index (χ1) is 15.7. The number of nitro groups is 1. The lowest BCUT2D eigenvalue weighted by molar-refractivity contribution is -0.385. The van der Waals surface area contributed by atoms with Crippen LogP contribution in [-0.2, 0) is 19.4 Å². The number of hydrogen-bond acceptors (Lipinski definition) is 7. The van der Waals surface area contributed by atoms with Crippen molar-refractivity contribution in [3.05, 3.63) is 86.4 Å². The summed E-state index contributed by atoms with van der Waals surface area (Å²) in [5.41, 5.74) is 2.50. The maximum atomic E-state index is 11.5. The van der Waals surface area contributed by atoms with Gasteiger partial charge in [0.15, 0.2) is 0 Å². The van der Waals surface area contributed by atoms with Crippen LogP contribution in [0.1, 0.15) is 41.7 Å². The Labute approximate surface area is 189 Å². The highest BCUT2D eigenvalue weighted by Gasteiger charge is 2.17. The fraction of sp³-hybridized carbons (Fsp3) is 0.273. The van der Waals surface area contributed by atoms with Crippen molar-refractivity contribution in [2.45, 2.75) is 39.2 Å². The highest BCUT2D eigenvalue weighted by atomic mass is 32.1. The number of unbranched alkanes of at least 4 members (excludes halogenated alkanes) is 1. The normalized spacial score (nSPS) is 11.7. The highest BCUT2D eigenvalue weighted by Crippen LogP contribution is 2.24. The predicted molar refractivity (Wildman–Crippen MR) is 123 cm³/mol. The minimum absolute atomic E-state index is 0.108. The van der Waals surface area contributed by atoms with Crippen molar-refractivity contribution in [2.75, 3.05) is 0 Å². The van der Waals surface area contributed by atoms with Crippen molar-refractivity contribution in [2.24, 2.45) is 0 Å². The molecule has 0 saturated heterocycles. The Hall–Kier alpha value is -3.66. The number of nitrogens with zero attached hydrogens (tertiary/aromatic N) is 7. The second-order valence-electron chi connectivity index (χ2n) is 7.32. The largest absolute Gasteiger partial charge is 0.324 e. The van der Waals surface area contributed by atoms with E-state index in [1.54, 1.807) is 34.5 Å². The fourth-order valence-electron chi connectivity index (χ4n) is 3.51. The minimum atomic E-state index is -0.337. The molecule has 0 saturated carbocycles. The molecule has 32 heavy (non-hydrogen) atoms. The smallest absolute Gasteiger partial charge is 0.274 e. The molecule has 0 atom stereocenters. The van der Waals surface area contributed by atoms with Gasteiger partial charge >= 0.3 is 0 Å². The van der Waals surface area contributed by atoms with E-state index in [0.29, 0.717) is 18.5 Å². The summed E-state index contributed by atoms with van der Waals surface area (Å²) in [6.45, 7) is 2.50. The Morgan fingerprint density at radius 1 is 1.25 bits per heavy atom. The lowest BCUT2D eigenvalue weighted by atomic mass is 10.1. The number of tetrazole rings is 1. The van der Waals surface area contributed by atoms with Crippen LogP contribution in [0.25, 0.3) is 11.8 Å². The maximum absolute atomic E-state index is 11.5. The zero-order valence-corrected chi connectivity index (χ0v) is 18.5. The number of imidazole rings is 1. The predicted octanol–water partition coefficient (Wildman–Crippen LogP) is 4.47. The molecule has 0 bridgehead atoms. The number of hydrogen-bond donors (Lipinski definition) is 0. The number of para-hydroxylation sites is 1. The van der Waals surface area contributed by atoms with Crippen molar-refractivity contribution in [1.82, 2.24) is 29.8 Å². The SMILES string of the molecule is CCCCc1ncc(/C=C(\Cc2cccs2)n2cnnn2)n1Cc1ccccc1[N+](=O)[O-]. The summed E-state index contributed by atoms with van der Waals surface area (Å²) < 4.78 is 3.70. The van der Waals surface area contributed by atoms with Crippen LogP contribution in [0.5, 0.6) is 0 Å². The third-order valence-corrected chi connectivity index (χ3v) is 6.01. The van der Waals surface area contributed by atoms with E-state index in [1.807, 2.05) is 29.8 Å². The van der Waals surface area contributed by atoms with Gasteiger partial charge in [-0.2, -0.15) is 0 Å². The van der Waals surface area contributed by atoms with Crippen LogP contribution in [0.2, 0.25) is 0 Å². The maximum Gasteiger partial charge on any atom is 0.274 e. The number of nitro benzene ring substituents is 1. The molecule has 0 radical (unpaired) electrons. The van der Waals surface area contributed by atoms with Gasteiger partial charge in [-0.15, -0.1) is 16.4 Å². The zero-order valence-electron chi connectivity index (χ0n) is 17.7. The zero-order chi connectivity index (χ0) is 22.3. The number of aromatic nitrogens is 6. The third kappa shape index (κ3) is 4.97. The Morgan fingerprint density at radius 2 is 2.12 bits per heavy atom. The molecule has 0 aliphatic rings. The van der Waals surface area contributed by atoms with Crippen LogP contribution >= 0.6 is 11.3 Å². The van der Waals surface area contributed by atoms with Gasteiger partial charge in [0.2, 0.25) is 0 Å². The lowest BCUT2D eigenvalue weighted by Gasteiger charge is -2.12. The molecule has 10 heteroatoms. The van der Waals surface area contributed by atoms with Crippen LogP contribution in [0, 0.1) is 10.1 Å². The summed E-state index contributed by atoms with van der Waals surface area (Å²) >= 11 is 1.67. The van der Waals surface area contributed by atoms with Crippen LogP contribution < -0.4 is 0 Å². The van der Waals surface area contributed by atoms with Gasteiger partial charge in [-0.3, -0.25) is 10.1 Å². The number of aryl methyl sites for hydroxylation is 1. The Kier molecular flexibility index (Phi) is 6.81. The van der Waals surface area contributed by atoms with E-state index >= 15 is 0 Å². The summed E-state index contributed by atoms with van der Waals surface area (Å²) in [7, 11) is 0. The van der Waals surface area contributed by atoms with Crippen LogP contribution in [0.4, 0.5) is 5.69 Å². The number of rotatable bonds is 10. The first kappa shape index (κ1) is 21.6. The molecule has 0 unspecified atom stereocenters. The van der Waals surface area contributed by atoms with E-state index in [4.69, 9.17) is 0 Å². The van der Waals surface area contributed by atoms with Crippen molar-refractivity contribution in [3.8, 4) is 0 Å². The van der Waals surface area contributed by atoms with Crippen LogP contribution in [0.3, 0.4) is 0 Å². The molecule has 3 aromatic heterocycles. The van der Waals surface area contributed by atoms with E-state index in [1.165, 1.54) is 10.9 Å². The summed E-state index contributed by atoms with van der Waals surface area (Å²) in [6, 6.07) is 10.9. The third-order valence-electron chi connectivity index (χ3n) is 5.13. The van der Waals surface area contributed by atoms with Crippen molar-refractivity contribution < 1.29 is 4.92 Å². The van der Waals surface area contributed by atoms with Crippen molar-refractivity contribution in [1.29, 1.82) is 0 Å². The minimum Gasteiger partial charge on any atom is -0.324 e. The number of thiophene rings is 1. The quantitative estimate of drug-likeness (QED) is 0.261. The standard InChI is InChI=1S/C22H23N7O2S/c1-2-3-10-22-23-14-19(27(22)15-17-7-4-5-9-21(17)29(30)31)12-18(28-16-24-25-26-28)13-20-8-6-11-32-20/h4-9,11-12,14,16H,2-3,10,13,15H2,1H3/b18-12+. The van der Waals surface area contributed by atoms with Crippen molar-refractivity contribution >= 4 is 28.8 Å². The molecular weight excluding hydrogens is 426 g/mol. The average molecular weight is 450 g/mol. The second kappa shape index (κ2) is 10.1. The summed E-state index contributed by atoms with van der Waals surface area (Å²) in [6.07, 6.45) is 8.88. The van der Waals surface area contributed by atoms with E-state index in [2.05, 4.69) is 38.1 Å². The molecule has 0 spiro atoms. The van der Waals surface area contributed by atoms with E-state index in [-0.39, 0.29) is 10.6 Å². The first-order valence-corrected chi connectivity index (χ1v) is 11.3. The molecule has 4 rings (SSSR count). The highest BCUT2D eigenvalue weighted by molar-refractivity contribution is 7.10. The molecule has 164 valence electrons. The number of benzene rings is 1. The van der Waals surface area contributed by atoms with Crippen molar-refractivity contribution in [3.63, 3.8) is 0 Å². The van der Waals surface area contributed by atoms with E-state index in [9.17, 15) is 10.1 Å². The molecular formula is C22H23N7O2S. The Balaban J connectivity index is 1.76. The van der Waals surface area contributed by atoms with Gasteiger partial charge in [0.25, 0.3) is 5.69 Å². The molecule has 3 heterocycles. The van der Waals surface area contributed by atoms with Gasteiger partial charge in [0.05, 0.1) is 29.1 Å². The summed E-state index contributed by atoms with van der Waals surface area (Å²) in [4.78, 5) is 17.0. The molecule has 1 aromatic carbocycles. The second-order valence-corrected chi connectivity index (χ2v) is 8.35. The molecule has 0 aliphatic heterocycles. The lowest BCUT2D eigenvalue weighted by Crippen LogP contribution is -2.10. The van der Waals surface area contributed by atoms with E-state index in [0.717, 1.165) is 36.5 Å². The summed E-state index contributed by atoms with van der Waals surface area (Å²) in [5, 5.41) is 25.2. The molecule has 0 N–H and O–H groups in total.